The largest absolute Gasteiger partial charge is 0.310 e. The van der Waals surface area contributed by atoms with Crippen LogP contribution in [0, 0.1) is 0 Å². The third-order valence-corrected chi connectivity index (χ3v) is 8.63. The van der Waals surface area contributed by atoms with Crippen LogP contribution in [0.2, 0.25) is 0 Å². The van der Waals surface area contributed by atoms with Crippen molar-refractivity contribution in [3.8, 4) is 0 Å². The van der Waals surface area contributed by atoms with Gasteiger partial charge in [0.15, 0.2) is 0 Å². The molecule has 6 heteroatoms. The summed E-state index contributed by atoms with van der Waals surface area (Å²) in [6, 6.07) is 10.4. The SMILES string of the molecule is CCC1=NC2(CCCCCCC2)N(C/C=C/c2ccc3c(c2)CC2(C3)C(=O)Nc3ncccc32)C1=O. The molecule has 6 rings (SSSR count). The summed E-state index contributed by atoms with van der Waals surface area (Å²) in [5.74, 6) is 0.855. The molecule has 0 saturated heterocycles. The summed E-state index contributed by atoms with van der Waals surface area (Å²) >= 11 is 0. The summed E-state index contributed by atoms with van der Waals surface area (Å²) in [5.41, 5.74) is 4.38. The van der Waals surface area contributed by atoms with Crippen LogP contribution < -0.4 is 5.32 Å². The highest BCUT2D eigenvalue weighted by atomic mass is 16.2. The van der Waals surface area contributed by atoms with E-state index in [2.05, 4.69) is 40.7 Å². The molecular weight excluding hydrogens is 448 g/mol. The first-order valence-corrected chi connectivity index (χ1v) is 13.5. The number of aromatic nitrogens is 1. The van der Waals surface area contributed by atoms with Gasteiger partial charge in [-0.1, -0.05) is 62.6 Å². The molecule has 2 aliphatic heterocycles. The molecule has 186 valence electrons. The molecule has 4 aliphatic rings. The first-order chi connectivity index (χ1) is 17.5. The van der Waals surface area contributed by atoms with Crippen molar-refractivity contribution in [2.45, 2.75) is 82.2 Å². The Hall–Kier alpha value is -3.28. The molecule has 3 heterocycles. The van der Waals surface area contributed by atoms with E-state index < -0.39 is 5.41 Å². The number of anilines is 1. The predicted molar refractivity (Wildman–Crippen MR) is 142 cm³/mol. The van der Waals surface area contributed by atoms with E-state index in [1.54, 1.807) is 6.20 Å². The van der Waals surface area contributed by atoms with E-state index in [-0.39, 0.29) is 17.5 Å². The van der Waals surface area contributed by atoms with E-state index in [0.717, 1.165) is 42.5 Å². The lowest BCUT2D eigenvalue weighted by Crippen LogP contribution is -2.47. The molecule has 1 aromatic carbocycles. The third kappa shape index (κ3) is 3.69. The first kappa shape index (κ1) is 23.1. The van der Waals surface area contributed by atoms with Crippen LogP contribution in [0.5, 0.6) is 0 Å². The van der Waals surface area contributed by atoms with Crippen LogP contribution >= 0.6 is 0 Å². The molecule has 0 radical (unpaired) electrons. The summed E-state index contributed by atoms with van der Waals surface area (Å²) in [6.07, 6.45) is 16.0. The Morgan fingerprint density at radius 3 is 2.61 bits per heavy atom. The highest BCUT2D eigenvalue weighted by molar-refractivity contribution is 6.40. The second-order valence-corrected chi connectivity index (χ2v) is 10.8. The molecule has 1 saturated carbocycles. The number of carbonyl (C=O) groups excluding carboxylic acids is 2. The van der Waals surface area contributed by atoms with E-state index in [0.29, 0.717) is 31.6 Å². The highest BCUT2D eigenvalue weighted by Gasteiger charge is 2.51. The number of pyridine rings is 1. The molecule has 1 aromatic heterocycles. The van der Waals surface area contributed by atoms with Crippen molar-refractivity contribution in [3.05, 3.63) is 64.9 Å². The topological polar surface area (TPSA) is 74.7 Å². The average molecular weight is 483 g/mol. The number of benzene rings is 1. The van der Waals surface area contributed by atoms with E-state index in [4.69, 9.17) is 4.99 Å². The Morgan fingerprint density at radius 2 is 1.81 bits per heavy atom. The summed E-state index contributed by atoms with van der Waals surface area (Å²) < 4.78 is 0. The highest BCUT2D eigenvalue weighted by Crippen LogP contribution is 2.46. The first-order valence-electron chi connectivity index (χ1n) is 13.5. The number of hydrogen-bond acceptors (Lipinski definition) is 4. The molecule has 0 bridgehead atoms. The standard InChI is InChI=1S/C30H34N4O2/c1-2-25-27(35)34(30(33-25)14-6-4-3-5-7-15-30)17-9-10-21-12-13-22-19-29(20-23(22)18-21)24-11-8-16-31-26(24)32-28(29)36/h8-13,16,18H,2-7,14-15,17,19-20H2,1H3,(H,31,32,36)/b10-9+. The van der Waals surface area contributed by atoms with Gasteiger partial charge in [-0.05, 0) is 67.7 Å². The predicted octanol–water partition coefficient (Wildman–Crippen LogP) is 5.22. The van der Waals surface area contributed by atoms with Crippen LogP contribution in [0.25, 0.3) is 6.08 Å². The molecule has 2 amide bonds. The summed E-state index contributed by atoms with van der Waals surface area (Å²) in [4.78, 5) is 37.6. The van der Waals surface area contributed by atoms with Gasteiger partial charge < -0.3 is 10.2 Å². The molecular formula is C30H34N4O2. The minimum Gasteiger partial charge on any atom is -0.310 e. The number of fused-ring (bicyclic) bond motifs is 3. The van der Waals surface area contributed by atoms with Crippen molar-refractivity contribution in [3.63, 3.8) is 0 Å². The molecule has 2 aromatic rings. The molecule has 2 aliphatic carbocycles. The normalized spacial score (nSPS) is 24.7. The van der Waals surface area contributed by atoms with Crippen molar-refractivity contribution in [2.75, 3.05) is 11.9 Å². The van der Waals surface area contributed by atoms with Crippen LogP contribution in [0.3, 0.4) is 0 Å². The second-order valence-electron chi connectivity index (χ2n) is 10.8. The number of nitrogens with zero attached hydrogens (tertiary/aromatic N) is 3. The average Bonchev–Trinajstić information content (AvgIpc) is 3.47. The Morgan fingerprint density at radius 1 is 1.03 bits per heavy atom. The van der Waals surface area contributed by atoms with Crippen LogP contribution in [-0.4, -0.2) is 39.6 Å². The van der Waals surface area contributed by atoms with Gasteiger partial charge >= 0.3 is 0 Å². The zero-order valence-electron chi connectivity index (χ0n) is 21.1. The van der Waals surface area contributed by atoms with Crippen molar-refractivity contribution in [1.82, 2.24) is 9.88 Å². The lowest BCUT2D eigenvalue weighted by Gasteiger charge is -2.37. The number of rotatable bonds is 4. The van der Waals surface area contributed by atoms with E-state index in [9.17, 15) is 9.59 Å². The maximum Gasteiger partial charge on any atom is 0.270 e. The minimum atomic E-state index is -0.547. The number of nitrogens with one attached hydrogen (secondary N) is 1. The van der Waals surface area contributed by atoms with Gasteiger partial charge in [0, 0.05) is 18.3 Å². The molecule has 1 unspecified atom stereocenters. The zero-order chi connectivity index (χ0) is 24.8. The maximum atomic E-state index is 13.2. The summed E-state index contributed by atoms with van der Waals surface area (Å²) in [6.45, 7) is 2.61. The Balaban J connectivity index is 1.20. The van der Waals surface area contributed by atoms with Gasteiger partial charge in [0.05, 0.1) is 5.41 Å². The van der Waals surface area contributed by atoms with Gasteiger partial charge in [0.2, 0.25) is 5.91 Å². The molecule has 6 nitrogen and oxygen atoms in total. The van der Waals surface area contributed by atoms with Gasteiger partial charge in [-0.3, -0.25) is 14.6 Å². The second kappa shape index (κ2) is 8.99. The quantitative estimate of drug-likeness (QED) is 0.649. The Bertz CT molecular complexity index is 1270. The van der Waals surface area contributed by atoms with E-state index in [1.807, 2.05) is 24.0 Å². The van der Waals surface area contributed by atoms with Gasteiger partial charge in [-0.15, -0.1) is 0 Å². The number of aliphatic imine (C=N–C) groups is 1. The van der Waals surface area contributed by atoms with Crippen molar-refractivity contribution in [1.29, 1.82) is 0 Å². The van der Waals surface area contributed by atoms with Crippen LogP contribution in [0.4, 0.5) is 5.82 Å². The van der Waals surface area contributed by atoms with Gasteiger partial charge in [0.1, 0.15) is 17.2 Å². The van der Waals surface area contributed by atoms with E-state index in [1.165, 1.54) is 30.4 Å². The summed E-state index contributed by atoms with van der Waals surface area (Å²) in [5, 5.41) is 2.98. The van der Waals surface area contributed by atoms with Crippen molar-refractivity contribution >= 4 is 29.4 Å². The van der Waals surface area contributed by atoms with Gasteiger partial charge in [-0.2, -0.15) is 0 Å². The fourth-order valence-corrected chi connectivity index (χ4v) is 6.73. The van der Waals surface area contributed by atoms with E-state index >= 15 is 0 Å². The summed E-state index contributed by atoms with van der Waals surface area (Å²) in [7, 11) is 0. The number of carbonyl (C=O) groups is 2. The number of hydrogen-bond donors (Lipinski definition) is 1. The van der Waals surface area contributed by atoms with Crippen molar-refractivity contribution < 1.29 is 9.59 Å². The smallest absolute Gasteiger partial charge is 0.270 e. The maximum absolute atomic E-state index is 13.2. The molecule has 36 heavy (non-hydrogen) atoms. The fourth-order valence-electron chi connectivity index (χ4n) is 6.73. The monoisotopic (exact) mass is 482 g/mol. The van der Waals surface area contributed by atoms with Gasteiger partial charge in [0.25, 0.3) is 5.91 Å². The molecule has 1 N–H and O–H groups in total. The molecule has 2 spiro atoms. The van der Waals surface area contributed by atoms with Crippen LogP contribution in [0.1, 0.15) is 80.5 Å². The Kier molecular flexibility index (Phi) is 5.78. The number of amides is 2. The minimum absolute atomic E-state index is 0.0493. The zero-order valence-corrected chi connectivity index (χ0v) is 21.1. The van der Waals surface area contributed by atoms with Crippen LogP contribution in [0.15, 0.2) is 47.6 Å². The molecule has 1 atom stereocenters. The lowest BCUT2D eigenvalue weighted by molar-refractivity contribution is -0.127. The lowest BCUT2D eigenvalue weighted by atomic mass is 9.79. The third-order valence-electron chi connectivity index (χ3n) is 8.63. The Labute approximate surface area is 212 Å². The van der Waals surface area contributed by atoms with Crippen molar-refractivity contribution in [2.24, 2.45) is 4.99 Å². The van der Waals surface area contributed by atoms with Crippen LogP contribution in [-0.2, 0) is 27.8 Å². The molecule has 1 fully saturated rings. The fraction of sp³-hybridized carbons (Fsp3) is 0.467. The van der Waals surface area contributed by atoms with Gasteiger partial charge in [-0.25, -0.2) is 4.98 Å².